The van der Waals surface area contributed by atoms with E-state index in [4.69, 9.17) is 0 Å². The summed E-state index contributed by atoms with van der Waals surface area (Å²) in [5.74, 6) is 1.67. The minimum atomic E-state index is -4.41. The molecule has 1 aliphatic carbocycles. The number of amides is 1. The van der Waals surface area contributed by atoms with E-state index in [2.05, 4.69) is 45.4 Å². The Morgan fingerprint density at radius 3 is 2.66 bits per heavy atom. The monoisotopic (exact) mass is 476 g/mol. The van der Waals surface area contributed by atoms with Crippen LogP contribution >= 0.6 is 15.9 Å². The molecule has 162 valence electrons. The maximum Gasteiger partial charge on any atom is 0.417 e. The first-order valence-electron chi connectivity index (χ1n) is 10.1. The van der Waals surface area contributed by atoms with Crippen molar-refractivity contribution in [1.29, 1.82) is 0 Å². The van der Waals surface area contributed by atoms with Crippen molar-refractivity contribution in [3.8, 4) is 0 Å². The molecular formula is C20H28BrF3N4O. The second-order valence-electron chi connectivity index (χ2n) is 8.52. The number of hydrogen-bond donors (Lipinski definition) is 2. The van der Waals surface area contributed by atoms with Crippen LogP contribution in [0.3, 0.4) is 0 Å². The molecule has 1 saturated carbocycles. The molecule has 0 bridgehead atoms. The van der Waals surface area contributed by atoms with Crippen LogP contribution in [0.2, 0.25) is 0 Å². The largest absolute Gasteiger partial charge is 0.417 e. The molecule has 1 aromatic rings. The maximum absolute atomic E-state index is 12.9. The molecule has 9 heteroatoms. The normalized spacial score (nSPS) is 25.4. The third-order valence-corrected chi connectivity index (χ3v) is 6.59. The van der Waals surface area contributed by atoms with Gasteiger partial charge in [-0.15, -0.1) is 0 Å². The zero-order valence-electron chi connectivity index (χ0n) is 16.9. The third-order valence-electron chi connectivity index (χ3n) is 6.01. The Hall–Kier alpha value is -1.35. The highest BCUT2D eigenvalue weighted by atomic mass is 79.9. The third kappa shape index (κ3) is 5.05. The molecule has 2 aliphatic rings. The Morgan fingerprint density at radius 2 is 2.07 bits per heavy atom. The van der Waals surface area contributed by atoms with Crippen molar-refractivity contribution in [2.75, 3.05) is 25.0 Å². The standard InChI is InChI=1S/C20H28BrF3N4O/c1-11(2)6-17(25-3)19(29)27-16-5-4-12-9-28(10-14(12)16)18-15(21)7-13(8-26-18)20(22,23)24/h7-8,11-12,14,16-17,25H,4-6,9-10H2,1-3H3,(H,27,29)/t12-,14+,16+,17+/m1/s1. The van der Waals surface area contributed by atoms with Gasteiger partial charge in [0.25, 0.3) is 0 Å². The Labute approximate surface area is 177 Å². The predicted molar refractivity (Wildman–Crippen MR) is 110 cm³/mol. The summed E-state index contributed by atoms with van der Waals surface area (Å²) in [7, 11) is 1.80. The number of fused-ring (bicyclic) bond motifs is 1. The average molecular weight is 477 g/mol. The number of hydrogen-bond acceptors (Lipinski definition) is 4. The Bertz CT molecular complexity index is 743. The zero-order valence-corrected chi connectivity index (χ0v) is 18.5. The van der Waals surface area contributed by atoms with Gasteiger partial charge in [-0.2, -0.15) is 13.2 Å². The van der Waals surface area contributed by atoms with Gasteiger partial charge in [0.2, 0.25) is 5.91 Å². The van der Waals surface area contributed by atoms with E-state index in [9.17, 15) is 18.0 Å². The first-order valence-corrected chi connectivity index (χ1v) is 10.8. The molecule has 2 heterocycles. The number of nitrogens with one attached hydrogen (secondary N) is 2. The van der Waals surface area contributed by atoms with Crippen molar-refractivity contribution in [1.82, 2.24) is 15.6 Å². The molecule has 0 aromatic carbocycles. The maximum atomic E-state index is 12.9. The molecule has 1 aliphatic heterocycles. The summed E-state index contributed by atoms with van der Waals surface area (Å²) in [6.45, 7) is 5.61. The van der Waals surface area contributed by atoms with E-state index in [0.29, 0.717) is 28.7 Å². The van der Waals surface area contributed by atoms with Crippen LogP contribution in [0, 0.1) is 17.8 Å². The minimum Gasteiger partial charge on any atom is -0.355 e. The highest BCUT2D eigenvalue weighted by Gasteiger charge is 2.44. The number of carbonyl (C=O) groups is 1. The number of rotatable bonds is 6. The van der Waals surface area contributed by atoms with Gasteiger partial charge in [-0.05, 0) is 60.1 Å². The van der Waals surface area contributed by atoms with Gasteiger partial charge in [-0.25, -0.2) is 4.98 Å². The fourth-order valence-corrected chi connectivity index (χ4v) is 5.15. The predicted octanol–water partition coefficient (Wildman–Crippen LogP) is 3.83. The van der Waals surface area contributed by atoms with Gasteiger partial charge in [0, 0.05) is 31.2 Å². The molecule has 29 heavy (non-hydrogen) atoms. The van der Waals surface area contributed by atoms with Crippen LogP contribution in [0.15, 0.2) is 16.7 Å². The van der Waals surface area contributed by atoms with Gasteiger partial charge in [0.15, 0.2) is 0 Å². The lowest BCUT2D eigenvalue weighted by molar-refractivity contribution is -0.137. The van der Waals surface area contributed by atoms with Crippen LogP contribution in [0.4, 0.5) is 19.0 Å². The van der Waals surface area contributed by atoms with Crippen LogP contribution < -0.4 is 15.5 Å². The van der Waals surface area contributed by atoms with Gasteiger partial charge < -0.3 is 15.5 Å². The van der Waals surface area contributed by atoms with Crippen LogP contribution in [0.1, 0.15) is 38.7 Å². The van der Waals surface area contributed by atoms with Crippen LogP contribution in [-0.2, 0) is 11.0 Å². The summed E-state index contributed by atoms with van der Waals surface area (Å²) < 4.78 is 39.0. The summed E-state index contributed by atoms with van der Waals surface area (Å²) in [5.41, 5.74) is -0.763. The van der Waals surface area contributed by atoms with Crippen LogP contribution in [-0.4, -0.2) is 43.1 Å². The van der Waals surface area contributed by atoms with Crippen molar-refractivity contribution in [2.24, 2.45) is 17.8 Å². The molecule has 0 radical (unpaired) electrons. The smallest absolute Gasteiger partial charge is 0.355 e. The molecule has 0 unspecified atom stereocenters. The van der Waals surface area contributed by atoms with E-state index in [-0.39, 0.29) is 23.9 Å². The molecule has 5 nitrogen and oxygen atoms in total. The quantitative estimate of drug-likeness (QED) is 0.654. The summed E-state index contributed by atoms with van der Waals surface area (Å²) in [6, 6.07) is 0.963. The number of aromatic nitrogens is 1. The summed E-state index contributed by atoms with van der Waals surface area (Å²) >= 11 is 3.25. The molecule has 2 fully saturated rings. The van der Waals surface area contributed by atoms with Crippen LogP contribution in [0.25, 0.3) is 0 Å². The first-order chi connectivity index (χ1) is 13.6. The fourth-order valence-electron chi connectivity index (χ4n) is 4.55. The molecule has 1 aromatic heterocycles. The van der Waals surface area contributed by atoms with Crippen molar-refractivity contribution >= 4 is 27.7 Å². The summed E-state index contributed by atoms with van der Waals surface area (Å²) in [6.07, 6.45) is -0.813. The Kier molecular flexibility index (Phi) is 6.77. The highest BCUT2D eigenvalue weighted by Crippen LogP contribution is 2.42. The number of alkyl halides is 3. The zero-order chi connectivity index (χ0) is 21.3. The number of anilines is 1. The molecule has 1 saturated heterocycles. The van der Waals surface area contributed by atoms with Gasteiger partial charge >= 0.3 is 6.18 Å². The first kappa shape index (κ1) is 22.3. The Morgan fingerprint density at radius 1 is 1.34 bits per heavy atom. The van der Waals surface area contributed by atoms with E-state index in [1.165, 1.54) is 0 Å². The van der Waals surface area contributed by atoms with Gasteiger partial charge in [-0.1, -0.05) is 13.8 Å². The highest BCUT2D eigenvalue weighted by molar-refractivity contribution is 9.10. The molecule has 3 rings (SSSR count). The lowest BCUT2D eigenvalue weighted by Gasteiger charge is -2.25. The van der Waals surface area contributed by atoms with Crippen molar-refractivity contribution in [3.05, 3.63) is 22.3 Å². The molecular weight excluding hydrogens is 449 g/mol. The van der Waals surface area contributed by atoms with Crippen molar-refractivity contribution < 1.29 is 18.0 Å². The van der Waals surface area contributed by atoms with E-state index >= 15 is 0 Å². The van der Waals surface area contributed by atoms with Crippen molar-refractivity contribution in [3.63, 3.8) is 0 Å². The van der Waals surface area contributed by atoms with Crippen LogP contribution in [0.5, 0.6) is 0 Å². The molecule has 1 amide bonds. The fraction of sp³-hybridized carbons (Fsp3) is 0.700. The van der Waals surface area contributed by atoms with Crippen molar-refractivity contribution in [2.45, 2.75) is 51.4 Å². The number of carbonyl (C=O) groups excluding carboxylic acids is 1. The number of halogens is 4. The molecule has 2 N–H and O–H groups in total. The minimum absolute atomic E-state index is 0.0270. The Balaban J connectivity index is 1.66. The topological polar surface area (TPSA) is 57.3 Å². The van der Waals surface area contributed by atoms with Gasteiger partial charge in [0.1, 0.15) is 5.82 Å². The summed E-state index contributed by atoms with van der Waals surface area (Å²) in [5, 5.41) is 6.31. The number of likely N-dealkylation sites (N-methyl/N-ethyl adjacent to an activating group) is 1. The lowest BCUT2D eigenvalue weighted by atomic mass is 9.97. The SMILES string of the molecule is CN[C@@H](CC(C)C)C(=O)N[C@H]1CC[C@@H]2CN(c3ncc(C(F)(F)F)cc3Br)C[C@@H]21. The van der Waals surface area contributed by atoms with E-state index < -0.39 is 11.7 Å². The number of nitrogens with zero attached hydrogens (tertiary/aromatic N) is 2. The van der Waals surface area contributed by atoms with Gasteiger partial charge in [0.05, 0.1) is 16.1 Å². The number of pyridine rings is 1. The van der Waals surface area contributed by atoms with Gasteiger partial charge in [-0.3, -0.25) is 4.79 Å². The average Bonchev–Trinajstić information content (AvgIpc) is 3.20. The molecule has 4 atom stereocenters. The lowest BCUT2D eigenvalue weighted by Crippen LogP contribution is -2.49. The molecule has 0 spiro atoms. The second kappa shape index (κ2) is 8.79. The summed E-state index contributed by atoms with van der Waals surface area (Å²) in [4.78, 5) is 18.8. The van der Waals surface area contributed by atoms with E-state index in [1.807, 2.05) is 4.90 Å². The second-order valence-corrected chi connectivity index (χ2v) is 9.37. The van der Waals surface area contributed by atoms with E-state index in [0.717, 1.165) is 38.1 Å². The van der Waals surface area contributed by atoms with E-state index in [1.54, 1.807) is 7.05 Å².